The largest absolute Gasteiger partial charge is 0.310 e. The number of rotatable bonds is 6. The highest BCUT2D eigenvalue weighted by Crippen LogP contribution is 2.51. The summed E-state index contributed by atoms with van der Waals surface area (Å²) in [5, 5.41) is 7.57. The van der Waals surface area contributed by atoms with E-state index in [-0.39, 0.29) is 5.41 Å². The van der Waals surface area contributed by atoms with Crippen LogP contribution in [0.3, 0.4) is 0 Å². The lowest BCUT2D eigenvalue weighted by molar-refractivity contribution is 0.660. The second-order valence-electron chi connectivity index (χ2n) is 16.9. The normalized spacial score (nSPS) is 12.9. The van der Waals surface area contributed by atoms with Gasteiger partial charge in [-0.3, -0.25) is 0 Å². The molecule has 0 fully saturated rings. The van der Waals surface area contributed by atoms with Crippen LogP contribution in [0.15, 0.2) is 218 Å². The van der Waals surface area contributed by atoms with Crippen molar-refractivity contribution in [1.29, 1.82) is 0 Å². The lowest BCUT2D eigenvalue weighted by Crippen LogP contribution is -2.16. The third-order valence-corrected chi connectivity index (χ3v) is 13.2. The predicted molar refractivity (Wildman–Crippen MR) is 259 cm³/mol. The van der Waals surface area contributed by atoms with Gasteiger partial charge in [0.2, 0.25) is 0 Å². The molecular formula is C59H42N2. The maximum absolute atomic E-state index is 2.46. The minimum atomic E-state index is -0.116. The molecule has 1 heterocycles. The Hall–Kier alpha value is -7.68. The summed E-state index contributed by atoms with van der Waals surface area (Å²) in [6.07, 6.45) is 0. The Morgan fingerprint density at radius 1 is 0.361 bits per heavy atom. The molecule has 0 aliphatic heterocycles. The van der Waals surface area contributed by atoms with Gasteiger partial charge >= 0.3 is 0 Å². The van der Waals surface area contributed by atoms with Gasteiger partial charge in [0.1, 0.15) is 0 Å². The smallest absolute Gasteiger partial charge is 0.0547 e. The number of fused-ring (bicyclic) bond motifs is 9. The summed E-state index contributed by atoms with van der Waals surface area (Å²) in [4.78, 5) is 2.42. The summed E-state index contributed by atoms with van der Waals surface area (Å²) in [7, 11) is 0. The number of aromatic nitrogens is 1. The molecule has 1 aliphatic carbocycles. The molecule has 2 heteroatoms. The van der Waals surface area contributed by atoms with Crippen LogP contribution in [-0.2, 0) is 5.41 Å². The summed E-state index contributed by atoms with van der Waals surface area (Å²) >= 11 is 0. The zero-order chi connectivity index (χ0) is 40.7. The van der Waals surface area contributed by atoms with E-state index in [1.54, 1.807) is 0 Å². The Balaban J connectivity index is 1.05. The molecule has 0 spiro atoms. The second-order valence-corrected chi connectivity index (χ2v) is 16.9. The van der Waals surface area contributed by atoms with Crippen LogP contribution in [0.5, 0.6) is 0 Å². The maximum Gasteiger partial charge on any atom is 0.0547 e. The molecule has 0 saturated heterocycles. The SMILES string of the molecule is CC1(C)c2ccccc2-c2ccc(N(c3ccc(-n4c5cccc(-c6cccc7ccccc67)c5c5c6ccccc6ccc54)cc3)c3cccc(-c4ccccc4)c3)cc21. The Labute approximate surface area is 356 Å². The third-order valence-electron chi connectivity index (χ3n) is 13.2. The summed E-state index contributed by atoms with van der Waals surface area (Å²) in [5.74, 6) is 0. The molecule has 0 radical (unpaired) electrons. The fraction of sp³-hybridized carbons (Fsp3) is 0.0508. The Kier molecular flexibility index (Phi) is 7.92. The van der Waals surface area contributed by atoms with Crippen molar-refractivity contribution in [2.45, 2.75) is 19.3 Å². The van der Waals surface area contributed by atoms with Gasteiger partial charge < -0.3 is 9.47 Å². The zero-order valence-corrected chi connectivity index (χ0v) is 34.2. The minimum Gasteiger partial charge on any atom is -0.310 e. The summed E-state index contributed by atoms with van der Waals surface area (Å²) in [6, 6.07) is 80.4. The Morgan fingerprint density at radius 2 is 0.951 bits per heavy atom. The van der Waals surface area contributed by atoms with Gasteiger partial charge in [0, 0.05) is 38.9 Å². The van der Waals surface area contributed by atoms with E-state index in [4.69, 9.17) is 0 Å². The van der Waals surface area contributed by atoms with E-state index in [0.717, 1.165) is 22.7 Å². The molecule has 0 saturated carbocycles. The van der Waals surface area contributed by atoms with Crippen LogP contribution in [0.25, 0.3) is 82.4 Å². The Bertz CT molecular complexity index is 3490. The third kappa shape index (κ3) is 5.49. The first-order valence-corrected chi connectivity index (χ1v) is 21.3. The van der Waals surface area contributed by atoms with Crippen molar-refractivity contribution in [1.82, 2.24) is 4.57 Å². The average molecular weight is 779 g/mol. The van der Waals surface area contributed by atoms with Crippen LogP contribution in [-0.4, -0.2) is 4.57 Å². The van der Waals surface area contributed by atoms with Crippen molar-refractivity contribution in [2.75, 3.05) is 4.90 Å². The highest BCUT2D eigenvalue weighted by atomic mass is 15.1. The first-order chi connectivity index (χ1) is 30.0. The quantitative estimate of drug-likeness (QED) is 0.163. The van der Waals surface area contributed by atoms with Crippen molar-refractivity contribution in [3.63, 3.8) is 0 Å². The van der Waals surface area contributed by atoms with E-state index < -0.39 is 0 Å². The highest BCUT2D eigenvalue weighted by molar-refractivity contribution is 6.26. The number of anilines is 3. The predicted octanol–water partition coefficient (Wildman–Crippen LogP) is 16.2. The van der Waals surface area contributed by atoms with Crippen LogP contribution in [0, 0.1) is 0 Å². The molecule has 0 unspecified atom stereocenters. The summed E-state index contributed by atoms with van der Waals surface area (Å²) in [6.45, 7) is 4.72. The van der Waals surface area contributed by atoms with E-state index in [0.29, 0.717) is 0 Å². The van der Waals surface area contributed by atoms with Crippen molar-refractivity contribution in [2.24, 2.45) is 0 Å². The highest BCUT2D eigenvalue weighted by Gasteiger charge is 2.35. The van der Waals surface area contributed by atoms with E-state index in [1.807, 2.05) is 0 Å². The second kappa shape index (κ2) is 13.7. The first kappa shape index (κ1) is 35.3. The van der Waals surface area contributed by atoms with E-state index in [9.17, 15) is 0 Å². The molecule has 0 atom stereocenters. The van der Waals surface area contributed by atoms with Gasteiger partial charge in [-0.15, -0.1) is 0 Å². The molecule has 12 rings (SSSR count). The molecular weight excluding hydrogens is 737 g/mol. The molecule has 61 heavy (non-hydrogen) atoms. The number of hydrogen-bond acceptors (Lipinski definition) is 1. The number of nitrogens with zero attached hydrogens (tertiary/aromatic N) is 2. The van der Waals surface area contributed by atoms with Gasteiger partial charge in [-0.05, 0) is 127 Å². The minimum absolute atomic E-state index is 0.116. The first-order valence-electron chi connectivity index (χ1n) is 21.3. The number of benzene rings is 10. The van der Waals surface area contributed by atoms with E-state index in [2.05, 4.69) is 242 Å². The fourth-order valence-corrected chi connectivity index (χ4v) is 10.3. The summed E-state index contributed by atoms with van der Waals surface area (Å²) in [5.41, 5.74) is 17.0. The van der Waals surface area contributed by atoms with Crippen LogP contribution >= 0.6 is 0 Å². The maximum atomic E-state index is 2.46. The van der Waals surface area contributed by atoms with Gasteiger partial charge in [-0.1, -0.05) is 172 Å². The standard InChI is InChI=1S/C59H42N2/c1-59(2)53-27-11-10-24-50(53)51-35-34-46(38-54(51)59)60(45-21-12-20-42(37-45)39-15-4-3-5-16-39)43-30-32-44(33-31-43)61-55-28-14-26-52(49-25-13-19-40-17-6-8-22-47(40)49)58(55)57-48-23-9-7-18-41(48)29-36-56(57)61/h3-38H,1-2H3. The molecule has 0 amide bonds. The van der Waals surface area contributed by atoms with Crippen molar-refractivity contribution < 1.29 is 0 Å². The van der Waals surface area contributed by atoms with Gasteiger partial charge in [0.15, 0.2) is 0 Å². The molecule has 10 aromatic carbocycles. The molecule has 11 aromatic rings. The lowest BCUT2D eigenvalue weighted by atomic mass is 9.82. The van der Waals surface area contributed by atoms with Crippen molar-refractivity contribution >= 4 is 60.4 Å². The molecule has 2 nitrogen and oxygen atoms in total. The van der Waals surface area contributed by atoms with E-state index in [1.165, 1.54) is 87.9 Å². The van der Waals surface area contributed by atoms with Crippen molar-refractivity contribution in [3.8, 4) is 39.1 Å². The number of hydrogen-bond donors (Lipinski definition) is 0. The van der Waals surface area contributed by atoms with Crippen LogP contribution in [0.1, 0.15) is 25.0 Å². The molecule has 0 N–H and O–H groups in total. The van der Waals surface area contributed by atoms with Gasteiger partial charge in [-0.2, -0.15) is 0 Å². The molecule has 1 aromatic heterocycles. The monoisotopic (exact) mass is 778 g/mol. The summed E-state index contributed by atoms with van der Waals surface area (Å²) < 4.78 is 2.46. The van der Waals surface area contributed by atoms with Gasteiger partial charge in [0.05, 0.1) is 11.0 Å². The lowest BCUT2D eigenvalue weighted by Gasteiger charge is -2.28. The van der Waals surface area contributed by atoms with Crippen LogP contribution < -0.4 is 4.90 Å². The topological polar surface area (TPSA) is 8.17 Å². The van der Waals surface area contributed by atoms with Crippen LogP contribution in [0.4, 0.5) is 17.1 Å². The zero-order valence-electron chi connectivity index (χ0n) is 34.2. The fourth-order valence-electron chi connectivity index (χ4n) is 10.3. The van der Waals surface area contributed by atoms with Crippen molar-refractivity contribution in [3.05, 3.63) is 230 Å². The molecule has 1 aliphatic rings. The van der Waals surface area contributed by atoms with E-state index >= 15 is 0 Å². The Morgan fingerprint density at radius 3 is 1.80 bits per heavy atom. The molecule has 288 valence electrons. The van der Waals surface area contributed by atoms with Crippen LogP contribution in [0.2, 0.25) is 0 Å². The molecule has 0 bridgehead atoms. The average Bonchev–Trinajstić information content (AvgIpc) is 3.78. The van der Waals surface area contributed by atoms with Gasteiger partial charge in [-0.25, -0.2) is 0 Å². The van der Waals surface area contributed by atoms with Gasteiger partial charge in [0.25, 0.3) is 0 Å².